The van der Waals surface area contributed by atoms with E-state index in [9.17, 15) is 4.79 Å². The molecule has 0 unspecified atom stereocenters. The lowest BCUT2D eigenvalue weighted by Crippen LogP contribution is -2.00. The maximum Gasteiger partial charge on any atom is 0.335 e. The fraction of sp³-hybridized carbons (Fsp3) is 0.222. The summed E-state index contributed by atoms with van der Waals surface area (Å²) in [6, 6.07) is 4.76. The van der Waals surface area contributed by atoms with Gasteiger partial charge in [0, 0.05) is 0 Å². The Labute approximate surface area is 75.3 Å². The molecule has 1 aromatic carbocycles. The van der Waals surface area contributed by atoms with Gasteiger partial charge in [0.1, 0.15) is 6.61 Å². The monoisotopic (exact) mass is 182 g/mol. The van der Waals surface area contributed by atoms with Gasteiger partial charge < -0.3 is 5.11 Å². The zero-order valence-electron chi connectivity index (χ0n) is 7.15. The minimum atomic E-state index is -0.950. The number of benzene rings is 1. The Kier molecular flexibility index (Phi) is 3.00. The molecule has 1 rings (SSSR count). The molecule has 0 aliphatic heterocycles. The van der Waals surface area contributed by atoms with Crippen molar-refractivity contribution in [2.24, 2.45) is 0 Å². The second kappa shape index (κ2) is 4.02. The van der Waals surface area contributed by atoms with Gasteiger partial charge in [0.15, 0.2) is 0 Å². The lowest BCUT2D eigenvalue weighted by atomic mass is 10.1. The number of hydrogen-bond donors (Lipinski definition) is 2. The summed E-state index contributed by atoms with van der Waals surface area (Å²) in [7, 11) is 0. The number of carboxylic acids is 1. The Hall–Kier alpha value is -1.39. The Morgan fingerprint density at radius 1 is 1.54 bits per heavy atom. The van der Waals surface area contributed by atoms with E-state index in [1.165, 1.54) is 6.07 Å². The fourth-order valence-electron chi connectivity index (χ4n) is 1.13. The number of carboxylic acid groups (broad SMARTS) is 1. The van der Waals surface area contributed by atoms with Gasteiger partial charge in [0.05, 0.1) is 5.56 Å². The lowest BCUT2D eigenvalue weighted by Gasteiger charge is -2.03. The van der Waals surface area contributed by atoms with Gasteiger partial charge in [-0.1, -0.05) is 12.1 Å². The van der Waals surface area contributed by atoms with E-state index in [2.05, 4.69) is 4.89 Å². The Balaban J connectivity index is 2.98. The van der Waals surface area contributed by atoms with Gasteiger partial charge in [-0.2, -0.15) is 0 Å². The summed E-state index contributed by atoms with van der Waals surface area (Å²) in [5, 5.41) is 16.9. The number of hydrogen-bond acceptors (Lipinski definition) is 3. The summed E-state index contributed by atoms with van der Waals surface area (Å²) in [6.07, 6.45) is 0. The molecule has 1 aromatic rings. The molecule has 0 fully saturated rings. The first kappa shape index (κ1) is 9.70. The third kappa shape index (κ3) is 2.27. The van der Waals surface area contributed by atoms with Gasteiger partial charge in [-0.25, -0.2) is 9.68 Å². The Morgan fingerprint density at radius 2 is 2.23 bits per heavy atom. The van der Waals surface area contributed by atoms with Crippen LogP contribution in [-0.4, -0.2) is 16.3 Å². The number of aromatic carboxylic acids is 1. The molecule has 0 saturated carbocycles. The second-order valence-corrected chi connectivity index (χ2v) is 2.73. The molecule has 0 aromatic heterocycles. The van der Waals surface area contributed by atoms with E-state index in [-0.39, 0.29) is 12.2 Å². The summed E-state index contributed by atoms with van der Waals surface area (Å²) in [5.74, 6) is -0.950. The van der Waals surface area contributed by atoms with E-state index in [1.807, 2.05) is 0 Å². The topological polar surface area (TPSA) is 66.8 Å². The number of carbonyl (C=O) groups is 1. The average Bonchev–Trinajstić information content (AvgIpc) is 2.04. The van der Waals surface area contributed by atoms with Crippen LogP contribution in [-0.2, 0) is 11.5 Å². The van der Waals surface area contributed by atoms with Gasteiger partial charge in [-0.05, 0) is 24.1 Å². The normalized spacial score (nSPS) is 10.0. The van der Waals surface area contributed by atoms with Crippen LogP contribution in [0.2, 0.25) is 0 Å². The van der Waals surface area contributed by atoms with Crippen molar-refractivity contribution in [3.05, 3.63) is 34.9 Å². The van der Waals surface area contributed by atoms with Crippen LogP contribution in [0.5, 0.6) is 0 Å². The molecular formula is C9H10O4. The fourth-order valence-corrected chi connectivity index (χ4v) is 1.13. The van der Waals surface area contributed by atoms with Crippen LogP contribution in [0.1, 0.15) is 21.5 Å². The van der Waals surface area contributed by atoms with Crippen molar-refractivity contribution in [2.75, 3.05) is 0 Å². The molecule has 2 N–H and O–H groups in total. The van der Waals surface area contributed by atoms with Crippen molar-refractivity contribution in [2.45, 2.75) is 13.5 Å². The lowest BCUT2D eigenvalue weighted by molar-refractivity contribution is -0.253. The average molecular weight is 182 g/mol. The van der Waals surface area contributed by atoms with Crippen LogP contribution in [0.15, 0.2) is 18.2 Å². The second-order valence-electron chi connectivity index (χ2n) is 2.73. The first-order valence-electron chi connectivity index (χ1n) is 3.74. The molecule has 0 heterocycles. The van der Waals surface area contributed by atoms with Gasteiger partial charge >= 0.3 is 5.97 Å². The van der Waals surface area contributed by atoms with E-state index in [1.54, 1.807) is 19.1 Å². The molecule has 0 spiro atoms. The predicted octanol–water partition coefficient (Wildman–Crippen LogP) is 1.68. The first-order valence-corrected chi connectivity index (χ1v) is 3.74. The molecule has 13 heavy (non-hydrogen) atoms. The standard InChI is InChI=1S/C9H10O4/c1-6-4-7(5-13-12)2-3-8(6)9(10)11/h2-4,12H,5H2,1H3,(H,10,11). The van der Waals surface area contributed by atoms with Crippen molar-refractivity contribution in [3.8, 4) is 0 Å². The van der Waals surface area contributed by atoms with Gasteiger partial charge in [0.2, 0.25) is 0 Å². The summed E-state index contributed by atoms with van der Waals surface area (Å²) < 4.78 is 0. The van der Waals surface area contributed by atoms with E-state index in [4.69, 9.17) is 10.4 Å². The highest BCUT2D eigenvalue weighted by atomic mass is 17.1. The third-order valence-electron chi connectivity index (χ3n) is 1.75. The highest BCUT2D eigenvalue weighted by molar-refractivity contribution is 5.89. The highest BCUT2D eigenvalue weighted by Crippen LogP contribution is 2.11. The summed E-state index contributed by atoms with van der Waals surface area (Å²) in [5.41, 5.74) is 1.66. The third-order valence-corrected chi connectivity index (χ3v) is 1.75. The molecule has 0 saturated heterocycles. The summed E-state index contributed by atoms with van der Waals surface area (Å²) in [4.78, 5) is 14.5. The maximum atomic E-state index is 10.6. The van der Waals surface area contributed by atoms with Crippen molar-refractivity contribution < 1.29 is 20.0 Å². The minimum Gasteiger partial charge on any atom is -0.478 e. The van der Waals surface area contributed by atoms with E-state index >= 15 is 0 Å². The molecule has 4 nitrogen and oxygen atoms in total. The molecule has 0 aliphatic rings. The Morgan fingerprint density at radius 3 is 2.69 bits per heavy atom. The molecule has 0 atom stereocenters. The molecule has 70 valence electrons. The van der Waals surface area contributed by atoms with Gasteiger partial charge in [0.25, 0.3) is 0 Å². The van der Waals surface area contributed by atoms with Crippen molar-refractivity contribution in [1.29, 1.82) is 0 Å². The van der Waals surface area contributed by atoms with E-state index in [0.29, 0.717) is 5.56 Å². The molecule has 0 bridgehead atoms. The summed E-state index contributed by atoms with van der Waals surface area (Å²) >= 11 is 0. The van der Waals surface area contributed by atoms with E-state index < -0.39 is 5.97 Å². The molecular weight excluding hydrogens is 172 g/mol. The largest absolute Gasteiger partial charge is 0.478 e. The van der Waals surface area contributed by atoms with Gasteiger partial charge in [-0.15, -0.1) is 0 Å². The molecule has 0 radical (unpaired) electrons. The smallest absolute Gasteiger partial charge is 0.335 e. The molecule has 0 aliphatic carbocycles. The van der Waals surface area contributed by atoms with Crippen LogP contribution in [0.4, 0.5) is 0 Å². The van der Waals surface area contributed by atoms with Crippen molar-refractivity contribution in [1.82, 2.24) is 0 Å². The summed E-state index contributed by atoms with van der Waals surface area (Å²) in [6.45, 7) is 1.77. The zero-order valence-corrected chi connectivity index (χ0v) is 7.15. The zero-order chi connectivity index (χ0) is 9.84. The van der Waals surface area contributed by atoms with Crippen LogP contribution >= 0.6 is 0 Å². The van der Waals surface area contributed by atoms with Crippen molar-refractivity contribution >= 4 is 5.97 Å². The first-order chi connectivity index (χ1) is 6.15. The van der Waals surface area contributed by atoms with Crippen molar-refractivity contribution in [3.63, 3.8) is 0 Å². The SMILES string of the molecule is Cc1cc(COO)ccc1C(=O)O. The van der Waals surface area contributed by atoms with Gasteiger partial charge in [-0.3, -0.25) is 5.26 Å². The molecule has 0 amide bonds. The van der Waals surface area contributed by atoms with Crippen LogP contribution < -0.4 is 0 Å². The highest BCUT2D eigenvalue weighted by Gasteiger charge is 2.06. The van der Waals surface area contributed by atoms with Crippen LogP contribution in [0.3, 0.4) is 0 Å². The quantitative estimate of drug-likeness (QED) is 0.551. The maximum absolute atomic E-state index is 10.6. The van der Waals surface area contributed by atoms with Crippen LogP contribution in [0, 0.1) is 6.92 Å². The number of aryl methyl sites for hydroxylation is 1. The Bertz CT molecular complexity index is 319. The predicted molar refractivity (Wildman–Crippen MR) is 45.6 cm³/mol. The molecule has 4 heteroatoms. The van der Waals surface area contributed by atoms with Crippen LogP contribution in [0.25, 0.3) is 0 Å². The minimum absolute atomic E-state index is 0.0702. The number of rotatable bonds is 3. The van der Waals surface area contributed by atoms with E-state index in [0.717, 1.165) is 5.56 Å².